The molecule has 0 saturated heterocycles. The lowest BCUT2D eigenvalue weighted by atomic mass is 9.99. The molecule has 0 unspecified atom stereocenters. The number of rotatable bonds is 1. The second kappa shape index (κ2) is 4.31. The van der Waals surface area contributed by atoms with E-state index in [0.717, 1.165) is 17.5 Å². The zero-order valence-electron chi connectivity index (χ0n) is 10.9. The Morgan fingerprint density at radius 3 is 2.35 bits per heavy atom. The van der Waals surface area contributed by atoms with E-state index >= 15 is 0 Å². The summed E-state index contributed by atoms with van der Waals surface area (Å²) in [5.41, 5.74) is 6.43. The first-order valence-corrected chi connectivity index (χ1v) is 6.71. The standard InChI is InChI=1S/C19H12F/c20-19-8-4-3-7-18(19)14-9-10-17-15(12-14)11-13-5-1-2-6-16(13)17/h1-10H,11H2. The van der Waals surface area contributed by atoms with Gasteiger partial charge < -0.3 is 0 Å². The van der Waals surface area contributed by atoms with Crippen molar-refractivity contribution in [3.8, 4) is 22.3 Å². The molecule has 1 heteroatoms. The molecule has 0 spiro atoms. The van der Waals surface area contributed by atoms with Crippen molar-refractivity contribution >= 4 is 0 Å². The topological polar surface area (TPSA) is 0 Å². The Bertz CT molecular complexity index is 802. The quantitative estimate of drug-likeness (QED) is 0.457. The molecule has 1 radical (unpaired) electrons. The number of fused-ring (bicyclic) bond motifs is 3. The van der Waals surface area contributed by atoms with Gasteiger partial charge in [-0.15, -0.1) is 0 Å². The molecule has 95 valence electrons. The van der Waals surface area contributed by atoms with Gasteiger partial charge in [0.1, 0.15) is 5.82 Å². The van der Waals surface area contributed by atoms with Gasteiger partial charge in [-0.2, -0.15) is 0 Å². The van der Waals surface area contributed by atoms with Crippen LogP contribution in [0.2, 0.25) is 0 Å². The Morgan fingerprint density at radius 2 is 1.50 bits per heavy atom. The van der Waals surface area contributed by atoms with Crippen molar-refractivity contribution in [2.75, 3.05) is 0 Å². The van der Waals surface area contributed by atoms with Crippen LogP contribution >= 0.6 is 0 Å². The minimum absolute atomic E-state index is 0.195. The average Bonchev–Trinajstić information content (AvgIpc) is 2.85. The molecule has 0 heterocycles. The highest BCUT2D eigenvalue weighted by Gasteiger charge is 2.18. The molecule has 0 saturated carbocycles. The average molecular weight is 259 g/mol. The Labute approximate surface area is 117 Å². The van der Waals surface area contributed by atoms with Gasteiger partial charge in [-0.25, -0.2) is 4.39 Å². The molecule has 0 aromatic heterocycles. The molecule has 4 rings (SSSR count). The largest absolute Gasteiger partial charge is 0.206 e. The lowest BCUT2D eigenvalue weighted by Gasteiger charge is -2.06. The molecule has 0 amide bonds. The number of halogens is 1. The lowest BCUT2D eigenvalue weighted by Crippen LogP contribution is -1.87. The predicted octanol–water partition coefficient (Wildman–Crippen LogP) is 4.86. The van der Waals surface area contributed by atoms with Crippen LogP contribution in [-0.2, 0) is 6.42 Å². The Morgan fingerprint density at radius 1 is 0.750 bits per heavy atom. The molecule has 1 aliphatic rings. The van der Waals surface area contributed by atoms with Crippen molar-refractivity contribution < 1.29 is 4.39 Å². The first kappa shape index (κ1) is 11.4. The van der Waals surface area contributed by atoms with E-state index in [2.05, 4.69) is 36.4 Å². The Hall–Kier alpha value is -2.41. The van der Waals surface area contributed by atoms with Crippen LogP contribution in [-0.4, -0.2) is 0 Å². The molecule has 20 heavy (non-hydrogen) atoms. The van der Waals surface area contributed by atoms with E-state index in [1.54, 1.807) is 12.1 Å². The summed E-state index contributed by atoms with van der Waals surface area (Å²) < 4.78 is 13.9. The van der Waals surface area contributed by atoms with Crippen LogP contribution in [0.5, 0.6) is 0 Å². The summed E-state index contributed by atoms with van der Waals surface area (Å²) in [4.78, 5) is 0. The third kappa shape index (κ3) is 1.67. The van der Waals surface area contributed by atoms with Crippen LogP contribution in [0.3, 0.4) is 0 Å². The van der Waals surface area contributed by atoms with E-state index in [0.29, 0.717) is 5.56 Å². The summed E-state index contributed by atoms with van der Waals surface area (Å²) in [6.07, 6.45) is 0.883. The maximum absolute atomic E-state index is 13.9. The van der Waals surface area contributed by atoms with E-state index in [1.807, 2.05) is 12.1 Å². The zero-order chi connectivity index (χ0) is 13.5. The minimum atomic E-state index is -0.195. The molecular weight excluding hydrogens is 247 g/mol. The van der Waals surface area contributed by atoms with E-state index < -0.39 is 0 Å². The third-order valence-corrected chi connectivity index (χ3v) is 3.87. The van der Waals surface area contributed by atoms with E-state index in [1.165, 1.54) is 22.8 Å². The molecule has 0 N–H and O–H groups in total. The van der Waals surface area contributed by atoms with Crippen LogP contribution in [0.15, 0.2) is 60.7 Å². The molecular formula is C19H12F. The minimum Gasteiger partial charge on any atom is -0.206 e. The Kier molecular flexibility index (Phi) is 2.46. The smallest absolute Gasteiger partial charge is 0.131 e. The van der Waals surface area contributed by atoms with Crippen molar-refractivity contribution in [3.05, 3.63) is 83.7 Å². The second-order valence-corrected chi connectivity index (χ2v) is 5.08. The fourth-order valence-corrected chi connectivity index (χ4v) is 2.89. The number of hydrogen-bond acceptors (Lipinski definition) is 0. The molecule has 0 nitrogen and oxygen atoms in total. The van der Waals surface area contributed by atoms with Gasteiger partial charge in [0.05, 0.1) is 0 Å². The first-order valence-electron chi connectivity index (χ1n) is 6.71. The van der Waals surface area contributed by atoms with Crippen molar-refractivity contribution in [2.24, 2.45) is 0 Å². The number of hydrogen-bond donors (Lipinski definition) is 0. The van der Waals surface area contributed by atoms with Crippen LogP contribution < -0.4 is 0 Å². The highest BCUT2D eigenvalue weighted by Crippen LogP contribution is 2.38. The number of benzene rings is 3. The van der Waals surface area contributed by atoms with Gasteiger partial charge in [0.2, 0.25) is 0 Å². The van der Waals surface area contributed by atoms with Crippen LogP contribution in [0.4, 0.5) is 4.39 Å². The van der Waals surface area contributed by atoms with Gasteiger partial charge in [0, 0.05) is 5.56 Å². The van der Waals surface area contributed by atoms with E-state index in [9.17, 15) is 4.39 Å². The second-order valence-electron chi connectivity index (χ2n) is 5.08. The summed E-state index contributed by atoms with van der Waals surface area (Å²) in [5.74, 6) is -0.195. The van der Waals surface area contributed by atoms with Gasteiger partial charge in [-0.05, 0) is 46.4 Å². The summed E-state index contributed by atoms with van der Waals surface area (Å²) in [7, 11) is 0. The highest BCUT2D eigenvalue weighted by atomic mass is 19.1. The van der Waals surface area contributed by atoms with Gasteiger partial charge in [-0.3, -0.25) is 0 Å². The van der Waals surface area contributed by atoms with Crippen molar-refractivity contribution in [2.45, 2.75) is 6.42 Å². The summed E-state index contributed by atoms with van der Waals surface area (Å²) in [6, 6.07) is 22.7. The lowest BCUT2D eigenvalue weighted by molar-refractivity contribution is 0.631. The maximum atomic E-state index is 13.9. The first-order chi connectivity index (χ1) is 9.83. The fraction of sp³-hybridized carbons (Fsp3) is 0.0526. The Balaban J connectivity index is 1.85. The predicted molar refractivity (Wildman–Crippen MR) is 78.9 cm³/mol. The van der Waals surface area contributed by atoms with Crippen molar-refractivity contribution in [1.82, 2.24) is 0 Å². The SMILES string of the molecule is Fc1ccccc1-c1[c]c2c(cc1)-c1ccccc1C2. The van der Waals surface area contributed by atoms with Gasteiger partial charge in [-0.1, -0.05) is 54.6 Å². The van der Waals surface area contributed by atoms with Crippen LogP contribution in [0.1, 0.15) is 11.1 Å². The van der Waals surface area contributed by atoms with E-state index in [4.69, 9.17) is 0 Å². The molecule has 0 bridgehead atoms. The van der Waals surface area contributed by atoms with Gasteiger partial charge in [0.25, 0.3) is 0 Å². The van der Waals surface area contributed by atoms with Crippen LogP contribution in [0, 0.1) is 11.9 Å². The molecule has 0 aliphatic heterocycles. The van der Waals surface area contributed by atoms with Crippen molar-refractivity contribution in [1.29, 1.82) is 0 Å². The normalized spacial score (nSPS) is 12.1. The third-order valence-electron chi connectivity index (χ3n) is 3.87. The maximum Gasteiger partial charge on any atom is 0.131 e. The zero-order valence-corrected chi connectivity index (χ0v) is 10.9. The molecule has 3 aromatic carbocycles. The van der Waals surface area contributed by atoms with Gasteiger partial charge in [0.15, 0.2) is 0 Å². The molecule has 0 atom stereocenters. The van der Waals surface area contributed by atoms with Gasteiger partial charge >= 0.3 is 0 Å². The fourth-order valence-electron chi connectivity index (χ4n) is 2.89. The summed E-state index contributed by atoms with van der Waals surface area (Å²) in [5, 5.41) is 0. The van der Waals surface area contributed by atoms with Crippen molar-refractivity contribution in [3.63, 3.8) is 0 Å². The summed E-state index contributed by atoms with van der Waals surface area (Å²) in [6.45, 7) is 0. The summed E-state index contributed by atoms with van der Waals surface area (Å²) >= 11 is 0. The highest BCUT2D eigenvalue weighted by molar-refractivity contribution is 5.79. The van der Waals surface area contributed by atoms with Crippen LogP contribution in [0.25, 0.3) is 22.3 Å². The molecule has 0 fully saturated rings. The monoisotopic (exact) mass is 259 g/mol. The van der Waals surface area contributed by atoms with E-state index in [-0.39, 0.29) is 5.82 Å². The molecule has 3 aromatic rings. The molecule has 1 aliphatic carbocycles.